The highest BCUT2D eigenvalue weighted by molar-refractivity contribution is 5.97. The fourth-order valence-electron chi connectivity index (χ4n) is 2.27. The molecule has 104 valence electrons. The first kappa shape index (κ1) is 13.0. The van der Waals surface area contributed by atoms with Crippen molar-refractivity contribution in [2.75, 3.05) is 11.1 Å². The van der Waals surface area contributed by atoms with Crippen LogP contribution in [-0.2, 0) is 0 Å². The first-order chi connectivity index (χ1) is 10.1. The van der Waals surface area contributed by atoms with Crippen molar-refractivity contribution in [2.45, 2.75) is 0 Å². The molecule has 0 aliphatic rings. The van der Waals surface area contributed by atoms with Crippen LogP contribution in [0.25, 0.3) is 10.8 Å². The number of hydrogen-bond donors (Lipinski definition) is 3. The predicted molar refractivity (Wildman–Crippen MR) is 85.0 cm³/mol. The van der Waals surface area contributed by atoms with Gasteiger partial charge in [-0.2, -0.15) is 0 Å². The van der Waals surface area contributed by atoms with E-state index in [-0.39, 0.29) is 5.56 Å². The van der Waals surface area contributed by atoms with Gasteiger partial charge >= 0.3 is 5.97 Å². The molecule has 0 saturated carbocycles. The smallest absolute Gasteiger partial charge is 0.337 e. The van der Waals surface area contributed by atoms with Crippen LogP contribution >= 0.6 is 0 Å². The topological polar surface area (TPSA) is 75.3 Å². The normalized spacial score (nSPS) is 10.5. The molecule has 0 radical (unpaired) electrons. The van der Waals surface area contributed by atoms with Gasteiger partial charge in [-0.15, -0.1) is 0 Å². The summed E-state index contributed by atoms with van der Waals surface area (Å²) >= 11 is 0. The van der Waals surface area contributed by atoms with Crippen molar-refractivity contribution in [3.05, 3.63) is 66.2 Å². The van der Waals surface area contributed by atoms with Crippen LogP contribution in [0.4, 0.5) is 17.1 Å². The predicted octanol–water partition coefficient (Wildman–Crippen LogP) is 3.86. The number of aromatic carboxylic acids is 1. The van der Waals surface area contributed by atoms with Gasteiger partial charge in [-0.05, 0) is 41.1 Å². The Balaban J connectivity index is 2.00. The van der Waals surface area contributed by atoms with Crippen LogP contribution < -0.4 is 11.1 Å². The van der Waals surface area contributed by atoms with Gasteiger partial charge in [-0.3, -0.25) is 0 Å². The Labute approximate surface area is 121 Å². The second kappa shape index (κ2) is 5.17. The third-order valence-electron chi connectivity index (χ3n) is 3.30. The molecule has 0 aliphatic carbocycles. The number of carbonyl (C=O) groups is 1. The maximum Gasteiger partial charge on any atom is 0.337 e. The van der Waals surface area contributed by atoms with E-state index in [0.29, 0.717) is 11.4 Å². The van der Waals surface area contributed by atoms with E-state index >= 15 is 0 Å². The van der Waals surface area contributed by atoms with Crippen molar-refractivity contribution in [3.8, 4) is 0 Å². The monoisotopic (exact) mass is 278 g/mol. The number of rotatable bonds is 3. The number of hydrogen-bond acceptors (Lipinski definition) is 3. The van der Waals surface area contributed by atoms with Gasteiger partial charge in [-0.25, -0.2) is 4.79 Å². The summed E-state index contributed by atoms with van der Waals surface area (Å²) in [4.78, 5) is 11.3. The Morgan fingerprint density at radius 1 is 0.952 bits per heavy atom. The Bertz CT molecular complexity index is 828. The molecular weight excluding hydrogens is 264 g/mol. The Kier molecular flexibility index (Phi) is 3.20. The average Bonchev–Trinajstić information content (AvgIpc) is 2.49. The molecule has 0 saturated heterocycles. The molecule has 21 heavy (non-hydrogen) atoms. The second-order valence-electron chi connectivity index (χ2n) is 4.80. The van der Waals surface area contributed by atoms with E-state index in [9.17, 15) is 9.90 Å². The van der Waals surface area contributed by atoms with E-state index in [1.165, 1.54) is 6.07 Å². The van der Waals surface area contributed by atoms with Crippen LogP contribution in [0.3, 0.4) is 0 Å². The highest BCUT2D eigenvalue weighted by Crippen LogP contribution is 2.25. The number of nitrogens with two attached hydrogens (primary N) is 1. The van der Waals surface area contributed by atoms with Gasteiger partial charge in [-0.1, -0.05) is 30.3 Å². The van der Waals surface area contributed by atoms with Crippen LogP contribution in [0.1, 0.15) is 10.4 Å². The molecule has 0 unspecified atom stereocenters. The number of carboxylic acids is 1. The van der Waals surface area contributed by atoms with Crippen molar-refractivity contribution in [2.24, 2.45) is 0 Å². The molecule has 3 aromatic carbocycles. The maximum absolute atomic E-state index is 11.3. The lowest BCUT2D eigenvalue weighted by Gasteiger charge is -2.11. The quantitative estimate of drug-likeness (QED) is 0.636. The number of fused-ring (bicyclic) bond motifs is 1. The molecule has 0 spiro atoms. The standard InChI is InChI=1S/C17H14N2O2/c18-13-6-8-16(15(10-13)17(20)21)19-14-7-5-11-3-1-2-4-12(11)9-14/h1-10,19H,18H2,(H,20,21). The highest BCUT2D eigenvalue weighted by atomic mass is 16.4. The van der Waals surface area contributed by atoms with Crippen molar-refractivity contribution >= 4 is 33.8 Å². The zero-order valence-electron chi connectivity index (χ0n) is 11.2. The third-order valence-corrected chi connectivity index (χ3v) is 3.30. The van der Waals surface area contributed by atoms with E-state index in [1.54, 1.807) is 12.1 Å². The summed E-state index contributed by atoms with van der Waals surface area (Å²) in [5.41, 5.74) is 7.58. The largest absolute Gasteiger partial charge is 0.478 e. The van der Waals surface area contributed by atoms with Gasteiger partial charge in [0, 0.05) is 11.4 Å². The van der Waals surface area contributed by atoms with Gasteiger partial charge < -0.3 is 16.2 Å². The van der Waals surface area contributed by atoms with Crippen molar-refractivity contribution in [3.63, 3.8) is 0 Å². The molecule has 4 nitrogen and oxygen atoms in total. The van der Waals surface area contributed by atoms with Gasteiger partial charge in [0.1, 0.15) is 0 Å². The fraction of sp³-hybridized carbons (Fsp3) is 0. The molecule has 0 heterocycles. The van der Waals surface area contributed by atoms with Gasteiger partial charge in [0.15, 0.2) is 0 Å². The molecule has 0 atom stereocenters. The summed E-state index contributed by atoms with van der Waals surface area (Å²) in [6, 6.07) is 18.7. The molecule has 3 rings (SSSR count). The molecule has 0 aliphatic heterocycles. The minimum Gasteiger partial charge on any atom is -0.478 e. The summed E-state index contributed by atoms with van der Waals surface area (Å²) in [5.74, 6) is -1.01. The van der Waals surface area contributed by atoms with Crippen molar-refractivity contribution < 1.29 is 9.90 Å². The molecule has 0 fully saturated rings. The molecule has 4 N–H and O–H groups in total. The van der Waals surface area contributed by atoms with Crippen LogP contribution in [0.5, 0.6) is 0 Å². The summed E-state index contributed by atoms with van der Waals surface area (Å²) in [6.45, 7) is 0. The highest BCUT2D eigenvalue weighted by Gasteiger charge is 2.10. The Hall–Kier alpha value is -3.01. The number of anilines is 3. The van der Waals surface area contributed by atoms with Crippen LogP contribution in [0.15, 0.2) is 60.7 Å². The van der Waals surface area contributed by atoms with Crippen molar-refractivity contribution in [1.82, 2.24) is 0 Å². The number of carboxylic acid groups (broad SMARTS) is 1. The van der Waals surface area contributed by atoms with E-state index in [2.05, 4.69) is 5.32 Å². The molecule has 0 amide bonds. The first-order valence-corrected chi connectivity index (χ1v) is 6.52. The van der Waals surface area contributed by atoms with Crippen LogP contribution in [0.2, 0.25) is 0 Å². The fourth-order valence-corrected chi connectivity index (χ4v) is 2.27. The minimum atomic E-state index is -1.01. The van der Waals surface area contributed by atoms with E-state index in [0.717, 1.165) is 16.5 Å². The number of nitrogens with one attached hydrogen (secondary N) is 1. The average molecular weight is 278 g/mol. The molecular formula is C17H14N2O2. The minimum absolute atomic E-state index is 0.156. The second-order valence-corrected chi connectivity index (χ2v) is 4.80. The van der Waals surface area contributed by atoms with E-state index < -0.39 is 5.97 Å². The maximum atomic E-state index is 11.3. The lowest BCUT2D eigenvalue weighted by Crippen LogP contribution is -2.03. The van der Waals surface area contributed by atoms with Crippen LogP contribution in [-0.4, -0.2) is 11.1 Å². The van der Waals surface area contributed by atoms with Gasteiger partial charge in [0.05, 0.1) is 11.3 Å². The SMILES string of the molecule is Nc1ccc(Nc2ccc3ccccc3c2)c(C(=O)O)c1. The van der Waals surface area contributed by atoms with Crippen LogP contribution in [0, 0.1) is 0 Å². The third kappa shape index (κ3) is 2.65. The van der Waals surface area contributed by atoms with E-state index in [1.807, 2.05) is 42.5 Å². The number of benzene rings is 3. The van der Waals surface area contributed by atoms with Crippen molar-refractivity contribution in [1.29, 1.82) is 0 Å². The first-order valence-electron chi connectivity index (χ1n) is 6.52. The zero-order chi connectivity index (χ0) is 14.8. The lowest BCUT2D eigenvalue weighted by atomic mass is 10.1. The van der Waals surface area contributed by atoms with E-state index in [4.69, 9.17) is 5.73 Å². The molecule has 0 aromatic heterocycles. The summed E-state index contributed by atoms with van der Waals surface area (Å²) in [6.07, 6.45) is 0. The van der Waals surface area contributed by atoms with Gasteiger partial charge in [0.2, 0.25) is 0 Å². The molecule has 0 bridgehead atoms. The molecule has 4 heteroatoms. The summed E-state index contributed by atoms with van der Waals surface area (Å²) in [5, 5.41) is 14.6. The zero-order valence-corrected chi connectivity index (χ0v) is 11.2. The number of nitrogen functional groups attached to an aromatic ring is 1. The summed E-state index contributed by atoms with van der Waals surface area (Å²) in [7, 11) is 0. The Morgan fingerprint density at radius 2 is 1.71 bits per heavy atom. The summed E-state index contributed by atoms with van der Waals surface area (Å²) < 4.78 is 0. The lowest BCUT2D eigenvalue weighted by molar-refractivity contribution is 0.0698. The van der Waals surface area contributed by atoms with Gasteiger partial charge in [0.25, 0.3) is 0 Å². The Morgan fingerprint density at radius 3 is 2.48 bits per heavy atom. The molecule has 3 aromatic rings.